The molecule has 0 bridgehead atoms. The van der Waals surface area contributed by atoms with Gasteiger partial charge in [0, 0.05) is 6.54 Å². The number of benzene rings is 1. The molecule has 3 nitrogen and oxygen atoms in total. The molecular weight excluding hydrogens is 196 g/mol. The molecule has 0 aromatic heterocycles. The van der Waals surface area contributed by atoms with Crippen LogP contribution in [0.15, 0.2) is 29.2 Å². The minimum Gasteiger partial charge on any atom is -0.238 e. The largest absolute Gasteiger partial charge is 0.238 e. The molecule has 4 heteroatoms. The molecule has 0 saturated heterocycles. The number of hydrogen-bond acceptors (Lipinski definition) is 2. The zero-order valence-electron chi connectivity index (χ0n) is 7.99. The van der Waals surface area contributed by atoms with Gasteiger partial charge in [-0.05, 0) is 30.7 Å². The number of nitriles is 1. The van der Waals surface area contributed by atoms with Gasteiger partial charge in [0.2, 0.25) is 0 Å². The van der Waals surface area contributed by atoms with Gasteiger partial charge in [-0.25, -0.2) is 8.93 Å². The number of hydrogen-bond donors (Lipinski definition) is 1. The van der Waals surface area contributed by atoms with Crippen molar-refractivity contribution < 1.29 is 4.21 Å². The van der Waals surface area contributed by atoms with Crippen LogP contribution in [0.1, 0.15) is 18.9 Å². The number of nitrogens with one attached hydrogen (secondary N) is 1. The van der Waals surface area contributed by atoms with E-state index in [4.69, 9.17) is 5.26 Å². The van der Waals surface area contributed by atoms with Crippen LogP contribution >= 0.6 is 0 Å². The van der Waals surface area contributed by atoms with Crippen molar-refractivity contribution in [1.82, 2.24) is 4.72 Å². The predicted octanol–water partition coefficient (Wildman–Crippen LogP) is 1.58. The van der Waals surface area contributed by atoms with E-state index in [1.165, 1.54) is 0 Å². The first-order valence-electron chi connectivity index (χ1n) is 4.43. The lowest BCUT2D eigenvalue weighted by Crippen LogP contribution is -2.17. The Hall–Kier alpha value is -1.18. The molecule has 1 unspecified atom stereocenters. The first kappa shape index (κ1) is 10.9. The highest BCUT2D eigenvalue weighted by Crippen LogP contribution is 2.06. The third-order valence-electron chi connectivity index (χ3n) is 1.68. The maximum atomic E-state index is 11.5. The van der Waals surface area contributed by atoms with Gasteiger partial charge in [-0.3, -0.25) is 0 Å². The Labute approximate surface area is 86.3 Å². The Morgan fingerprint density at radius 3 is 2.57 bits per heavy atom. The topological polar surface area (TPSA) is 52.9 Å². The summed E-state index contributed by atoms with van der Waals surface area (Å²) in [6, 6.07) is 8.76. The average Bonchev–Trinajstić information content (AvgIpc) is 2.26. The van der Waals surface area contributed by atoms with Gasteiger partial charge in [-0.2, -0.15) is 5.26 Å². The standard InChI is InChI=1S/C10H12N2OS/c1-2-7-12-14(13)10-5-3-9(8-11)4-6-10/h3-6,12H,2,7H2,1H3. The summed E-state index contributed by atoms with van der Waals surface area (Å²) in [5.74, 6) is 0. The molecule has 0 spiro atoms. The number of rotatable bonds is 4. The molecule has 1 aromatic rings. The van der Waals surface area contributed by atoms with Gasteiger partial charge in [-0.15, -0.1) is 0 Å². The molecule has 0 aliphatic carbocycles. The highest BCUT2D eigenvalue weighted by molar-refractivity contribution is 7.83. The lowest BCUT2D eigenvalue weighted by atomic mass is 10.2. The summed E-state index contributed by atoms with van der Waals surface area (Å²) in [4.78, 5) is 0.706. The Kier molecular flexibility index (Phi) is 4.30. The van der Waals surface area contributed by atoms with Crippen molar-refractivity contribution in [1.29, 1.82) is 5.26 Å². The zero-order chi connectivity index (χ0) is 10.4. The molecule has 1 N–H and O–H groups in total. The van der Waals surface area contributed by atoms with Crippen molar-refractivity contribution in [3.63, 3.8) is 0 Å². The van der Waals surface area contributed by atoms with Gasteiger partial charge in [-0.1, -0.05) is 6.92 Å². The van der Waals surface area contributed by atoms with E-state index in [0.717, 1.165) is 13.0 Å². The van der Waals surface area contributed by atoms with Crippen LogP contribution in [0.5, 0.6) is 0 Å². The first-order chi connectivity index (χ1) is 6.77. The van der Waals surface area contributed by atoms with E-state index < -0.39 is 11.0 Å². The summed E-state index contributed by atoms with van der Waals surface area (Å²) in [5.41, 5.74) is 0.584. The summed E-state index contributed by atoms with van der Waals surface area (Å²) in [6.45, 7) is 2.75. The van der Waals surface area contributed by atoms with E-state index in [1.54, 1.807) is 24.3 Å². The second-order valence-electron chi connectivity index (χ2n) is 2.80. The molecule has 0 saturated carbocycles. The quantitative estimate of drug-likeness (QED) is 0.816. The van der Waals surface area contributed by atoms with E-state index in [1.807, 2.05) is 13.0 Å². The molecule has 0 fully saturated rings. The summed E-state index contributed by atoms with van der Waals surface area (Å²) < 4.78 is 14.4. The van der Waals surface area contributed by atoms with Gasteiger partial charge < -0.3 is 0 Å². The smallest absolute Gasteiger partial charge is 0.124 e. The van der Waals surface area contributed by atoms with Crippen LogP contribution in [0.2, 0.25) is 0 Å². The van der Waals surface area contributed by atoms with Crippen molar-refractivity contribution in [3.8, 4) is 6.07 Å². The Balaban J connectivity index is 2.68. The first-order valence-corrected chi connectivity index (χ1v) is 5.58. The van der Waals surface area contributed by atoms with Crippen LogP contribution in [0.4, 0.5) is 0 Å². The maximum Gasteiger partial charge on any atom is 0.124 e. The molecule has 0 amide bonds. The lowest BCUT2D eigenvalue weighted by molar-refractivity contribution is 0.670. The third-order valence-corrected chi connectivity index (χ3v) is 2.85. The monoisotopic (exact) mass is 208 g/mol. The Morgan fingerprint density at radius 1 is 1.43 bits per heavy atom. The SMILES string of the molecule is CCCNS(=O)c1ccc(C#N)cc1. The Bertz CT molecular complexity index is 353. The van der Waals surface area contributed by atoms with E-state index >= 15 is 0 Å². The fraction of sp³-hybridized carbons (Fsp3) is 0.300. The van der Waals surface area contributed by atoms with Crippen LogP contribution in [-0.2, 0) is 11.0 Å². The van der Waals surface area contributed by atoms with Crippen LogP contribution in [0.25, 0.3) is 0 Å². The van der Waals surface area contributed by atoms with Crippen LogP contribution in [-0.4, -0.2) is 10.8 Å². The Morgan fingerprint density at radius 2 is 2.07 bits per heavy atom. The molecular formula is C10H12N2OS. The van der Waals surface area contributed by atoms with Gasteiger partial charge in [0.1, 0.15) is 11.0 Å². The van der Waals surface area contributed by atoms with E-state index in [9.17, 15) is 4.21 Å². The molecule has 1 rings (SSSR count). The molecule has 0 heterocycles. The van der Waals surface area contributed by atoms with E-state index in [-0.39, 0.29) is 0 Å². The molecule has 0 aliphatic rings. The molecule has 0 aliphatic heterocycles. The van der Waals surface area contributed by atoms with Crippen molar-refractivity contribution in [2.45, 2.75) is 18.2 Å². The average molecular weight is 208 g/mol. The third kappa shape index (κ3) is 2.95. The maximum absolute atomic E-state index is 11.5. The molecule has 74 valence electrons. The van der Waals surface area contributed by atoms with E-state index in [0.29, 0.717) is 10.5 Å². The van der Waals surface area contributed by atoms with Gasteiger partial charge in [0.05, 0.1) is 16.5 Å². The number of nitrogens with zero attached hydrogens (tertiary/aromatic N) is 1. The van der Waals surface area contributed by atoms with Crippen molar-refractivity contribution in [3.05, 3.63) is 29.8 Å². The molecule has 1 aromatic carbocycles. The van der Waals surface area contributed by atoms with Crippen molar-refractivity contribution >= 4 is 11.0 Å². The van der Waals surface area contributed by atoms with Gasteiger partial charge >= 0.3 is 0 Å². The second kappa shape index (κ2) is 5.53. The fourth-order valence-electron chi connectivity index (χ4n) is 0.931. The molecule has 14 heavy (non-hydrogen) atoms. The van der Waals surface area contributed by atoms with Crippen LogP contribution < -0.4 is 4.72 Å². The normalized spacial score (nSPS) is 12.0. The summed E-state index contributed by atoms with van der Waals surface area (Å²) >= 11 is 0. The minimum atomic E-state index is -1.15. The summed E-state index contributed by atoms with van der Waals surface area (Å²) in [7, 11) is -1.15. The highest BCUT2D eigenvalue weighted by Gasteiger charge is 2.01. The fourth-order valence-corrected chi connectivity index (χ4v) is 1.87. The summed E-state index contributed by atoms with van der Waals surface area (Å²) in [5, 5.41) is 8.57. The van der Waals surface area contributed by atoms with Crippen molar-refractivity contribution in [2.24, 2.45) is 0 Å². The highest BCUT2D eigenvalue weighted by atomic mass is 32.2. The minimum absolute atomic E-state index is 0.584. The van der Waals surface area contributed by atoms with Gasteiger partial charge in [0.15, 0.2) is 0 Å². The lowest BCUT2D eigenvalue weighted by Gasteiger charge is -2.02. The van der Waals surface area contributed by atoms with Crippen LogP contribution in [0, 0.1) is 11.3 Å². The predicted molar refractivity (Wildman–Crippen MR) is 55.9 cm³/mol. The van der Waals surface area contributed by atoms with Crippen LogP contribution in [0.3, 0.4) is 0 Å². The molecule has 1 atom stereocenters. The van der Waals surface area contributed by atoms with Gasteiger partial charge in [0.25, 0.3) is 0 Å². The van der Waals surface area contributed by atoms with Crippen molar-refractivity contribution in [2.75, 3.05) is 6.54 Å². The zero-order valence-corrected chi connectivity index (χ0v) is 8.80. The summed E-state index contributed by atoms with van der Waals surface area (Å²) in [6.07, 6.45) is 0.946. The second-order valence-corrected chi connectivity index (χ2v) is 4.10. The molecule has 0 radical (unpaired) electrons. The van der Waals surface area contributed by atoms with E-state index in [2.05, 4.69) is 4.72 Å².